The van der Waals surface area contributed by atoms with Gasteiger partial charge >= 0.3 is 0 Å². The van der Waals surface area contributed by atoms with Gasteiger partial charge in [0.05, 0.1) is 6.20 Å². The number of oxazole rings is 1. The summed E-state index contributed by atoms with van der Waals surface area (Å²) in [5, 5.41) is 0. The maximum Gasteiger partial charge on any atom is 0.228 e. The average Bonchev–Trinajstić information content (AvgIpc) is 3.04. The highest BCUT2D eigenvalue weighted by atomic mass is 19.1. The van der Waals surface area contributed by atoms with Crippen molar-refractivity contribution in [3.63, 3.8) is 0 Å². The van der Waals surface area contributed by atoms with Crippen LogP contribution in [0.15, 0.2) is 34.9 Å². The van der Waals surface area contributed by atoms with Crippen molar-refractivity contribution in [2.24, 2.45) is 5.41 Å². The average molecular weight is 344 g/mol. The number of aromatic nitrogens is 1. The van der Waals surface area contributed by atoms with Crippen LogP contribution < -0.4 is 0 Å². The number of hydrogen-bond acceptors (Lipinski definition) is 3. The summed E-state index contributed by atoms with van der Waals surface area (Å²) < 4.78 is 19.7. The monoisotopic (exact) mass is 344 g/mol. The third-order valence-corrected chi connectivity index (χ3v) is 4.58. The molecule has 3 rings (SSSR count). The van der Waals surface area contributed by atoms with E-state index in [2.05, 4.69) is 4.98 Å². The molecule has 0 spiro atoms. The molecule has 0 saturated carbocycles. The highest BCUT2D eigenvalue weighted by Gasteiger charge is 2.36. The van der Waals surface area contributed by atoms with Gasteiger partial charge in [-0.2, -0.15) is 0 Å². The predicted octanol–water partition coefficient (Wildman–Crippen LogP) is 4.50. The van der Waals surface area contributed by atoms with E-state index in [9.17, 15) is 9.18 Å². The van der Waals surface area contributed by atoms with E-state index < -0.39 is 5.41 Å². The first-order chi connectivity index (χ1) is 11.9. The summed E-state index contributed by atoms with van der Waals surface area (Å²) in [4.78, 5) is 19.0. The highest BCUT2D eigenvalue weighted by Crippen LogP contribution is 2.34. The Balaban J connectivity index is 1.80. The third-order valence-electron chi connectivity index (χ3n) is 4.58. The molecule has 0 aliphatic carbocycles. The molecule has 2 aromatic rings. The Labute approximate surface area is 148 Å². The molecule has 25 heavy (non-hydrogen) atoms. The topological polar surface area (TPSA) is 46.3 Å². The lowest BCUT2D eigenvalue weighted by atomic mass is 9.91. The molecule has 1 saturated heterocycles. The number of benzene rings is 1. The smallest absolute Gasteiger partial charge is 0.228 e. The zero-order chi connectivity index (χ0) is 18.0. The number of halogens is 1. The first kappa shape index (κ1) is 17.6. The molecule has 0 bridgehead atoms. The number of likely N-dealkylation sites (tertiary alicyclic amines) is 1. The molecule has 1 aliphatic rings. The lowest BCUT2D eigenvalue weighted by Crippen LogP contribution is -2.44. The SMILES string of the molecule is CC(C)(C)C(=O)N1CCCCC1c1ncc(Cc2ccccc2F)o1. The summed E-state index contributed by atoms with van der Waals surface area (Å²) >= 11 is 0. The van der Waals surface area contributed by atoms with E-state index in [1.807, 2.05) is 25.7 Å². The largest absolute Gasteiger partial charge is 0.443 e. The number of nitrogens with zero attached hydrogens (tertiary/aromatic N) is 2. The normalized spacial score (nSPS) is 18.4. The molecule has 1 atom stereocenters. The van der Waals surface area contributed by atoms with E-state index in [1.165, 1.54) is 6.07 Å². The molecule has 1 fully saturated rings. The van der Waals surface area contributed by atoms with Crippen LogP contribution in [0.5, 0.6) is 0 Å². The van der Waals surface area contributed by atoms with Crippen molar-refractivity contribution >= 4 is 5.91 Å². The Morgan fingerprint density at radius 1 is 1.32 bits per heavy atom. The molecule has 0 N–H and O–H groups in total. The molecule has 1 unspecified atom stereocenters. The van der Waals surface area contributed by atoms with E-state index in [1.54, 1.807) is 24.4 Å². The van der Waals surface area contributed by atoms with Gasteiger partial charge in [-0.15, -0.1) is 0 Å². The van der Waals surface area contributed by atoms with Crippen LogP contribution in [0.3, 0.4) is 0 Å². The fourth-order valence-electron chi connectivity index (χ4n) is 3.25. The zero-order valence-corrected chi connectivity index (χ0v) is 15.1. The summed E-state index contributed by atoms with van der Waals surface area (Å²) in [5.74, 6) is 1.05. The molecular weight excluding hydrogens is 319 g/mol. The van der Waals surface area contributed by atoms with Crippen molar-refractivity contribution in [2.75, 3.05) is 6.54 Å². The second kappa shape index (κ2) is 6.98. The molecule has 4 nitrogen and oxygen atoms in total. The number of carbonyl (C=O) groups is 1. The Kier molecular flexibility index (Phi) is 4.93. The lowest BCUT2D eigenvalue weighted by molar-refractivity contribution is -0.144. The second-order valence-corrected chi connectivity index (χ2v) is 7.69. The molecule has 1 amide bonds. The van der Waals surface area contributed by atoms with E-state index in [4.69, 9.17) is 4.42 Å². The number of rotatable bonds is 3. The van der Waals surface area contributed by atoms with Gasteiger partial charge in [0, 0.05) is 18.4 Å². The maximum atomic E-state index is 13.8. The van der Waals surface area contributed by atoms with E-state index in [0.29, 0.717) is 23.6 Å². The van der Waals surface area contributed by atoms with Gasteiger partial charge in [-0.25, -0.2) is 9.37 Å². The van der Waals surface area contributed by atoms with Crippen LogP contribution in [0.2, 0.25) is 0 Å². The number of amides is 1. The Morgan fingerprint density at radius 3 is 2.80 bits per heavy atom. The van der Waals surface area contributed by atoms with Crippen molar-refractivity contribution in [3.8, 4) is 0 Å². The van der Waals surface area contributed by atoms with Gasteiger partial charge in [-0.3, -0.25) is 4.79 Å². The quantitative estimate of drug-likeness (QED) is 0.823. The summed E-state index contributed by atoms with van der Waals surface area (Å²) in [6, 6.07) is 6.53. The highest BCUT2D eigenvalue weighted by molar-refractivity contribution is 5.82. The van der Waals surface area contributed by atoms with Crippen molar-refractivity contribution in [1.82, 2.24) is 9.88 Å². The van der Waals surface area contributed by atoms with Gasteiger partial charge < -0.3 is 9.32 Å². The zero-order valence-electron chi connectivity index (χ0n) is 15.1. The summed E-state index contributed by atoms with van der Waals surface area (Å²) in [5.41, 5.74) is 0.148. The van der Waals surface area contributed by atoms with Crippen LogP contribution in [-0.4, -0.2) is 22.3 Å². The molecule has 0 radical (unpaired) electrons. The first-order valence-corrected chi connectivity index (χ1v) is 8.85. The molecule has 5 heteroatoms. The van der Waals surface area contributed by atoms with Crippen LogP contribution >= 0.6 is 0 Å². The third kappa shape index (κ3) is 3.91. The summed E-state index contributed by atoms with van der Waals surface area (Å²) in [6.07, 6.45) is 4.90. The van der Waals surface area contributed by atoms with E-state index >= 15 is 0 Å². The van der Waals surface area contributed by atoms with Gasteiger partial charge in [0.15, 0.2) is 0 Å². The molecule has 1 aliphatic heterocycles. The number of carbonyl (C=O) groups excluding carboxylic acids is 1. The van der Waals surface area contributed by atoms with E-state index in [-0.39, 0.29) is 17.8 Å². The van der Waals surface area contributed by atoms with Crippen molar-refractivity contribution in [2.45, 2.75) is 52.5 Å². The molecule has 2 heterocycles. The number of hydrogen-bond donors (Lipinski definition) is 0. The Morgan fingerprint density at radius 2 is 2.08 bits per heavy atom. The predicted molar refractivity (Wildman–Crippen MR) is 93.5 cm³/mol. The Bertz CT molecular complexity index is 748. The maximum absolute atomic E-state index is 13.8. The minimum Gasteiger partial charge on any atom is -0.443 e. The lowest BCUT2D eigenvalue weighted by Gasteiger charge is -2.37. The minimum atomic E-state index is -0.432. The first-order valence-electron chi connectivity index (χ1n) is 8.85. The van der Waals surface area contributed by atoms with Gasteiger partial charge in [0.2, 0.25) is 11.8 Å². The molecule has 1 aromatic heterocycles. The van der Waals surface area contributed by atoms with Crippen LogP contribution in [0.1, 0.15) is 63.3 Å². The Hall–Kier alpha value is -2.17. The second-order valence-electron chi connectivity index (χ2n) is 7.69. The van der Waals surface area contributed by atoms with Gasteiger partial charge in [0.25, 0.3) is 0 Å². The fourth-order valence-corrected chi connectivity index (χ4v) is 3.25. The molecular formula is C20H25FN2O2. The molecule has 134 valence electrons. The summed E-state index contributed by atoms with van der Waals surface area (Å²) in [7, 11) is 0. The van der Waals surface area contributed by atoms with Gasteiger partial charge in [0.1, 0.15) is 17.6 Å². The minimum absolute atomic E-state index is 0.117. The van der Waals surface area contributed by atoms with Crippen molar-refractivity contribution < 1.29 is 13.6 Å². The summed E-state index contributed by atoms with van der Waals surface area (Å²) in [6.45, 7) is 6.52. The standard InChI is InChI=1S/C20H25FN2O2/c1-20(2,3)19(24)23-11-7-6-10-17(23)18-22-13-15(25-18)12-14-8-4-5-9-16(14)21/h4-5,8-9,13,17H,6-7,10-12H2,1-3H3. The fraction of sp³-hybridized carbons (Fsp3) is 0.500. The van der Waals surface area contributed by atoms with E-state index in [0.717, 1.165) is 25.8 Å². The number of piperidine rings is 1. The molecule has 1 aromatic carbocycles. The van der Waals surface area contributed by atoms with Crippen LogP contribution in [0.4, 0.5) is 4.39 Å². The van der Waals surface area contributed by atoms with Crippen molar-refractivity contribution in [3.05, 3.63) is 53.5 Å². The van der Waals surface area contributed by atoms with Crippen molar-refractivity contribution in [1.29, 1.82) is 0 Å². The van der Waals surface area contributed by atoms with Crippen LogP contribution in [0, 0.1) is 11.2 Å². The van der Waals surface area contributed by atoms with Gasteiger partial charge in [-0.1, -0.05) is 39.0 Å². The van der Waals surface area contributed by atoms with Crippen LogP contribution in [0.25, 0.3) is 0 Å². The van der Waals surface area contributed by atoms with Crippen LogP contribution in [-0.2, 0) is 11.2 Å². The van der Waals surface area contributed by atoms with Gasteiger partial charge in [-0.05, 0) is 30.9 Å².